The summed E-state index contributed by atoms with van der Waals surface area (Å²) in [6.07, 6.45) is 2.28. The van der Waals surface area contributed by atoms with E-state index in [2.05, 4.69) is 10.1 Å². The molecule has 4 heterocycles. The molecule has 52 heavy (non-hydrogen) atoms. The molecule has 0 aliphatic carbocycles. The number of anilines is 4. The summed E-state index contributed by atoms with van der Waals surface area (Å²) in [7, 11) is 0. The molecular formula is C39H38N6O7. The molecule has 1 atom stereocenters. The van der Waals surface area contributed by atoms with Crippen LogP contribution in [0.2, 0.25) is 0 Å². The first-order valence-corrected chi connectivity index (χ1v) is 17.0. The molecule has 5 aromatic rings. The predicted octanol–water partition coefficient (Wildman–Crippen LogP) is 6.26. The third-order valence-corrected chi connectivity index (χ3v) is 8.74. The minimum atomic E-state index is -1.34. The first-order valence-electron chi connectivity index (χ1n) is 17.0. The lowest BCUT2D eigenvalue weighted by molar-refractivity contribution is -0.132. The van der Waals surface area contributed by atoms with E-state index >= 15 is 0 Å². The fraction of sp³-hybridized carbons (Fsp3) is 0.282. The van der Waals surface area contributed by atoms with Gasteiger partial charge in [0.25, 0.3) is 0 Å². The van der Waals surface area contributed by atoms with Crippen molar-refractivity contribution in [3.05, 3.63) is 97.0 Å². The molecule has 0 bridgehead atoms. The van der Waals surface area contributed by atoms with Crippen molar-refractivity contribution in [3.63, 3.8) is 0 Å². The average Bonchev–Trinajstić information content (AvgIpc) is 3.72. The standard InChI is InChI=1S/C39H38N6O7/c1-24(2)43(25-16-17-33-34(19-25)51-23-50-33)35(46)22-42-31-14-8-9-15-32(31)44(26-11-10-18-40-21-26)37(48)28(36(42)47)20-29-27-12-6-7-13-30(27)45(41-29)38(49)52-39(3,4)5/h6-19,21,24,28H,20,22-23H2,1-5H3. The maximum absolute atomic E-state index is 14.9. The van der Waals surface area contributed by atoms with Crippen molar-refractivity contribution in [2.75, 3.05) is 28.0 Å². The molecule has 0 radical (unpaired) electrons. The SMILES string of the molecule is CC(C)N(C(=O)CN1C(=O)C(Cc2nn(C(=O)OC(C)(C)C)c3ccccc23)C(=O)N(c2cccnc2)c2ccccc21)c1ccc2c(c1)OCO2. The van der Waals surface area contributed by atoms with E-state index in [4.69, 9.17) is 14.2 Å². The van der Waals surface area contributed by atoms with E-state index in [1.807, 2.05) is 13.8 Å². The fourth-order valence-electron chi connectivity index (χ4n) is 6.55. The second kappa shape index (κ2) is 13.5. The van der Waals surface area contributed by atoms with Crippen LogP contribution in [-0.2, 0) is 25.5 Å². The number of amides is 3. The van der Waals surface area contributed by atoms with Crippen molar-refractivity contribution in [1.82, 2.24) is 14.8 Å². The quantitative estimate of drug-likeness (QED) is 0.180. The Morgan fingerprint density at radius 3 is 2.38 bits per heavy atom. The third kappa shape index (κ3) is 6.41. The van der Waals surface area contributed by atoms with Crippen LogP contribution >= 0.6 is 0 Å². The Labute approximate surface area is 300 Å². The van der Waals surface area contributed by atoms with Crippen molar-refractivity contribution in [2.45, 2.75) is 52.7 Å². The molecule has 266 valence electrons. The van der Waals surface area contributed by atoms with Gasteiger partial charge < -0.3 is 24.0 Å². The van der Waals surface area contributed by atoms with Crippen LogP contribution in [0.5, 0.6) is 11.5 Å². The number of aromatic nitrogens is 3. The molecular weight excluding hydrogens is 664 g/mol. The number of ether oxygens (including phenoxy) is 3. The molecule has 3 aromatic carbocycles. The molecule has 13 heteroatoms. The molecule has 2 aliphatic heterocycles. The zero-order valence-electron chi connectivity index (χ0n) is 29.5. The summed E-state index contributed by atoms with van der Waals surface area (Å²) in [4.78, 5) is 66.0. The molecule has 13 nitrogen and oxygen atoms in total. The van der Waals surface area contributed by atoms with E-state index in [0.717, 1.165) is 4.68 Å². The number of hydrogen-bond donors (Lipinski definition) is 0. The first-order chi connectivity index (χ1) is 24.9. The molecule has 0 saturated heterocycles. The molecule has 7 rings (SSSR count). The molecule has 0 saturated carbocycles. The lowest BCUT2D eigenvalue weighted by Crippen LogP contribution is -2.48. The zero-order chi connectivity index (χ0) is 36.7. The Balaban J connectivity index is 1.32. The first kappa shape index (κ1) is 34.2. The largest absolute Gasteiger partial charge is 0.454 e. The van der Waals surface area contributed by atoms with Crippen LogP contribution in [0.15, 0.2) is 91.3 Å². The second-order valence-corrected chi connectivity index (χ2v) is 13.8. The Morgan fingerprint density at radius 2 is 1.65 bits per heavy atom. The van der Waals surface area contributed by atoms with Crippen molar-refractivity contribution in [1.29, 1.82) is 0 Å². The molecule has 0 fully saturated rings. The van der Waals surface area contributed by atoms with Gasteiger partial charge in [0, 0.05) is 35.8 Å². The predicted molar refractivity (Wildman–Crippen MR) is 194 cm³/mol. The van der Waals surface area contributed by atoms with Crippen LogP contribution < -0.4 is 24.2 Å². The third-order valence-electron chi connectivity index (χ3n) is 8.74. The van der Waals surface area contributed by atoms with Gasteiger partial charge in [0.05, 0.1) is 34.5 Å². The van der Waals surface area contributed by atoms with Crippen molar-refractivity contribution >= 4 is 57.5 Å². The normalized spacial score (nSPS) is 15.5. The van der Waals surface area contributed by atoms with Gasteiger partial charge in [-0.25, -0.2) is 4.79 Å². The van der Waals surface area contributed by atoms with Crippen LogP contribution in [0.4, 0.5) is 27.5 Å². The summed E-state index contributed by atoms with van der Waals surface area (Å²) in [6, 6.07) is 22.4. The summed E-state index contributed by atoms with van der Waals surface area (Å²) in [5, 5.41) is 5.19. The van der Waals surface area contributed by atoms with Gasteiger partial charge in [-0.05, 0) is 77.1 Å². The maximum Gasteiger partial charge on any atom is 0.435 e. The number of carbonyl (C=O) groups is 4. The molecule has 3 amide bonds. The average molecular weight is 703 g/mol. The Hall–Kier alpha value is -6.24. The van der Waals surface area contributed by atoms with Crippen LogP contribution in [0, 0.1) is 5.92 Å². The van der Waals surface area contributed by atoms with E-state index in [0.29, 0.717) is 50.8 Å². The van der Waals surface area contributed by atoms with Gasteiger partial charge in [-0.15, -0.1) is 0 Å². The van der Waals surface area contributed by atoms with Gasteiger partial charge in [-0.2, -0.15) is 9.78 Å². The van der Waals surface area contributed by atoms with Gasteiger partial charge in [-0.3, -0.25) is 24.3 Å². The second-order valence-electron chi connectivity index (χ2n) is 13.8. The van der Waals surface area contributed by atoms with Gasteiger partial charge >= 0.3 is 6.09 Å². The Morgan fingerprint density at radius 1 is 0.923 bits per heavy atom. The van der Waals surface area contributed by atoms with Crippen LogP contribution in [0.1, 0.15) is 40.3 Å². The lowest BCUT2D eigenvalue weighted by Gasteiger charge is -2.31. The lowest BCUT2D eigenvalue weighted by atomic mass is 9.98. The van der Waals surface area contributed by atoms with Crippen molar-refractivity contribution in [3.8, 4) is 11.5 Å². The Kier molecular flexibility index (Phi) is 8.87. The number of hydrogen-bond acceptors (Lipinski definition) is 9. The van der Waals surface area contributed by atoms with E-state index in [9.17, 15) is 19.2 Å². The number of benzene rings is 3. The van der Waals surface area contributed by atoms with Gasteiger partial charge in [0.2, 0.25) is 24.5 Å². The number of carbonyl (C=O) groups excluding carboxylic acids is 4. The van der Waals surface area contributed by atoms with Crippen LogP contribution in [0.3, 0.4) is 0 Å². The minimum absolute atomic E-state index is 0.0849. The number of pyridine rings is 1. The highest BCUT2D eigenvalue weighted by Gasteiger charge is 2.43. The maximum atomic E-state index is 14.9. The summed E-state index contributed by atoms with van der Waals surface area (Å²) in [5.74, 6) is -1.75. The molecule has 0 N–H and O–H groups in total. The van der Waals surface area contributed by atoms with E-state index in [1.54, 1.807) is 117 Å². The monoisotopic (exact) mass is 702 g/mol. The van der Waals surface area contributed by atoms with Crippen molar-refractivity contribution < 1.29 is 33.4 Å². The van der Waals surface area contributed by atoms with E-state index < -0.39 is 29.4 Å². The summed E-state index contributed by atoms with van der Waals surface area (Å²) in [5.41, 5.74) is 1.83. The highest BCUT2D eigenvalue weighted by molar-refractivity contribution is 6.21. The highest BCUT2D eigenvalue weighted by atomic mass is 16.7. The topological polar surface area (TPSA) is 136 Å². The Bertz CT molecular complexity index is 2190. The number of fused-ring (bicyclic) bond motifs is 3. The molecule has 2 aromatic heterocycles. The highest BCUT2D eigenvalue weighted by Crippen LogP contribution is 2.41. The summed E-state index contributed by atoms with van der Waals surface area (Å²) >= 11 is 0. The number of para-hydroxylation sites is 3. The van der Waals surface area contributed by atoms with Gasteiger partial charge in [-0.1, -0.05) is 30.3 Å². The molecule has 0 spiro atoms. The fourth-order valence-corrected chi connectivity index (χ4v) is 6.55. The zero-order valence-corrected chi connectivity index (χ0v) is 29.5. The van der Waals surface area contributed by atoms with Crippen molar-refractivity contribution in [2.24, 2.45) is 5.92 Å². The van der Waals surface area contributed by atoms with Gasteiger partial charge in [0.1, 0.15) is 18.1 Å². The van der Waals surface area contributed by atoms with Crippen LogP contribution in [0.25, 0.3) is 10.9 Å². The summed E-state index contributed by atoms with van der Waals surface area (Å²) in [6.45, 7) is 8.74. The van der Waals surface area contributed by atoms with E-state index in [-0.39, 0.29) is 31.7 Å². The minimum Gasteiger partial charge on any atom is -0.454 e. The smallest absolute Gasteiger partial charge is 0.435 e. The summed E-state index contributed by atoms with van der Waals surface area (Å²) < 4.78 is 17.8. The van der Waals surface area contributed by atoms with Crippen LogP contribution in [-0.4, -0.2) is 63.6 Å². The molecule has 2 aliphatic rings. The molecule has 1 unspecified atom stereocenters. The van der Waals surface area contributed by atoms with E-state index in [1.165, 1.54) is 9.80 Å². The van der Waals surface area contributed by atoms with Gasteiger partial charge in [0.15, 0.2) is 11.5 Å². The number of nitrogens with zero attached hydrogens (tertiary/aromatic N) is 6. The number of rotatable bonds is 7.